The molecule has 1 saturated heterocycles. The number of para-hydroxylation sites is 2. The van der Waals surface area contributed by atoms with Crippen molar-refractivity contribution in [3.8, 4) is 0 Å². The maximum atomic E-state index is 13.8. The molecular weight excluding hydrogens is 331 g/mol. The molecule has 2 aromatic carbocycles. The van der Waals surface area contributed by atoms with Crippen LogP contribution in [0.15, 0.2) is 42.5 Å². The zero-order valence-electron chi connectivity index (χ0n) is 14.7. The first kappa shape index (κ1) is 16.6. The van der Waals surface area contributed by atoms with Crippen LogP contribution in [0.25, 0.3) is 11.0 Å². The monoisotopic (exact) mass is 352 g/mol. The molecule has 1 aliphatic rings. The number of halogens is 1. The lowest BCUT2D eigenvalue weighted by molar-refractivity contribution is 0.0766. The van der Waals surface area contributed by atoms with Crippen LogP contribution in [0.1, 0.15) is 22.3 Å². The summed E-state index contributed by atoms with van der Waals surface area (Å²) in [5, 5.41) is 0. The number of hydrogen-bond acceptors (Lipinski definition) is 3. The van der Waals surface area contributed by atoms with Gasteiger partial charge in [0, 0.05) is 31.7 Å². The second-order valence-corrected chi connectivity index (χ2v) is 6.67. The van der Waals surface area contributed by atoms with Crippen LogP contribution >= 0.6 is 0 Å². The van der Waals surface area contributed by atoms with Crippen LogP contribution in [0.3, 0.4) is 0 Å². The van der Waals surface area contributed by atoms with Crippen molar-refractivity contribution in [3.63, 3.8) is 0 Å². The second-order valence-electron chi connectivity index (χ2n) is 6.67. The molecule has 1 amide bonds. The smallest absolute Gasteiger partial charge is 0.254 e. The number of amides is 1. The van der Waals surface area contributed by atoms with Gasteiger partial charge in [-0.25, -0.2) is 9.37 Å². The number of imidazole rings is 1. The molecule has 1 aliphatic heterocycles. The molecule has 4 rings (SSSR count). The fourth-order valence-electron chi connectivity index (χ4n) is 3.33. The molecule has 134 valence electrons. The van der Waals surface area contributed by atoms with Gasteiger partial charge in [-0.15, -0.1) is 0 Å². The SMILES string of the molecule is Cc1ccc(C(=O)N2CCCN(c3nc4ccccc4[nH]3)CC2)cc1F. The number of anilines is 1. The van der Waals surface area contributed by atoms with E-state index >= 15 is 0 Å². The van der Waals surface area contributed by atoms with Crippen molar-refractivity contribution in [3.05, 3.63) is 59.4 Å². The van der Waals surface area contributed by atoms with Crippen LogP contribution in [0.4, 0.5) is 10.3 Å². The summed E-state index contributed by atoms with van der Waals surface area (Å²) < 4.78 is 13.8. The number of carbonyl (C=O) groups excluding carboxylic acids is 1. The van der Waals surface area contributed by atoms with E-state index in [-0.39, 0.29) is 11.7 Å². The summed E-state index contributed by atoms with van der Waals surface area (Å²) in [6.07, 6.45) is 0.844. The molecule has 0 spiro atoms. The highest BCUT2D eigenvalue weighted by atomic mass is 19.1. The molecular formula is C20H21FN4O. The molecule has 26 heavy (non-hydrogen) atoms. The molecule has 0 unspecified atom stereocenters. The largest absolute Gasteiger partial charge is 0.341 e. The summed E-state index contributed by atoms with van der Waals surface area (Å²) in [6.45, 7) is 4.46. The van der Waals surface area contributed by atoms with Crippen molar-refractivity contribution in [2.75, 3.05) is 31.1 Å². The average molecular weight is 352 g/mol. The van der Waals surface area contributed by atoms with Gasteiger partial charge in [0.2, 0.25) is 5.95 Å². The highest BCUT2D eigenvalue weighted by Gasteiger charge is 2.22. The minimum Gasteiger partial charge on any atom is -0.341 e. The van der Waals surface area contributed by atoms with Crippen LogP contribution in [-0.2, 0) is 0 Å². The Labute approximate surface area is 151 Å². The highest BCUT2D eigenvalue weighted by Crippen LogP contribution is 2.19. The summed E-state index contributed by atoms with van der Waals surface area (Å²) >= 11 is 0. The third-order valence-electron chi connectivity index (χ3n) is 4.88. The first-order chi connectivity index (χ1) is 12.6. The van der Waals surface area contributed by atoms with E-state index < -0.39 is 0 Å². The molecule has 3 aromatic rings. The average Bonchev–Trinajstić information content (AvgIpc) is 2.93. The maximum absolute atomic E-state index is 13.8. The van der Waals surface area contributed by atoms with E-state index in [2.05, 4.69) is 14.9 Å². The van der Waals surface area contributed by atoms with Crippen molar-refractivity contribution in [1.82, 2.24) is 14.9 Å². The van der Waals surface area contributed by atoms with Crippen molar-refractivity contribution in [1.29, 1.82) is 0 Å². The molecule has 5 nitrogen and oxygen atoms in total. The maximum Gasteiger partial charge on any atom is 0.254 e. The third-order valence-corrected chi connectivity index (χ3v) is 4.88. The van der Waals surface area contributed by atoms with Gasteiger partial charge in [-0.3, -0.25) is 4.79 Å². The van der Waals surface area contributed by atoms with E-state index in [4.69, 9.17) is 0 Å². The first-order valence-electron chi connectivity index (χ1n) is 8.87. The number of aryl methyl sites for hydroxylation is 1. The standard InChI is InChI=1S/C20H21FN4O/c1-14-7-8-15(13-16(14)21)19(26)24-9-4-10-25(12-11-24)20-22-17-5-2-3-6-18(17)23-20/h2-3,5-8,13H,4,9-12H2,1H3,(H,22,23). The molecule has 2 heterocycles. The van der Waals surface area contributed by atoms with Gasteiger partial charge in [0.25, 0.3) is 5.91 Å². The number of benzene rings is 2. The van der Waals surface area contributed by atoms with Crippen molar-refractivity contribution in [2.45, 2.75) is 13.3 Å². The fourth-order valence-corrected chi connectivity index (χ4v) is 3.33. The molecule has 6 heteroatoms. The van der Waals surface area contributed by atoms with Gasteiger partial charge in [0.05, 0.1) is 11.0 Å². The van der Waals surface area contributed by atoms with E-state index in [1.54, 1.807) is 24.0 Å². The number of aromatic nitrogens is 2. The Balaban J connectivity index is 1.49. The number of aromatic amines is 1. The van der Waals surface area contributed by atoms with Gasteiger partial charge < -0.3 is 14.8 Å². The summed E-state index contributed by atoms with van der Waals surface area (Å²) in [5.74, 6) is 0.381. The minimum atomic E-state index is -0.338. The Morgan fingerprint density at radius 3 is 2.77 bits per heavy atom. The van der Waals surface area contributed by atoms with E-state index in [1.165, 1.54) is 6.07 Å². The zero-order valence-corrected chi connectivity index (χ0v) is 14.7. The van der Waals surface area contributed by atoms with Gasteiger partial charge in [0.1, 0.15) is 5.82 Å². The quantitative estimate of drug-likeness (QED) is 0.769. The van der Waals surface area contributed by atoms with Gasteiger partial charge in [-0.1, -0.05) is 18.2 Å². The first-order valence-corrected chi connectivity index (χ1v) is 8.87. The van der Waals surface area contributed by atoms with Gasteiger partial charge in [-0.05, 0) is 43.2 Å². The molecule has 0 radical (unpaired) electrons. The van der Waals surface area contributed by atoms with Crippen molar-refractivity contribution >= 4 is 22.9 Å². The number of carbonyl (C=O) groups is 1. The van der Waals surface area contributed by atoms with Gasteiger partial charge in [-0.2, -0.15) is 0 Å². The fraction of sp³-hybridized carbons (Fsp3) is 0.300. The van der Waals surface area contributed by atoms with Crippen molar-refractivity contribution in [2.24, 2.45) is 0 Å². The van der Waals surface area contributed by atoms with E-state index in [9.17, 15) is 9.18 Å². The van der Waals surface area contributed by atoms with E-state index in [1.807, 2.05) is 24.3 Å². The Hall–Kier alpha value is -2.89. The van der Waals surface area contributed by atoms with Gasteiger partial charge in [0.15, 0.2) is 0 Å². The highest BCUT2D eigenvalue weighted by molar-refractivity contribution is 5.94. The molecule has 0 bridgehead atoms. The van der Waals surface area contributed by atoms with Crippen LogP contribution in [-0.4, -0.2) is 47.0 Å². The van der Waals surface area contributed by atoms with Crippen LogP contribution in [0.2, 0.25) is 0 Å². The summed E-state index contributed by atoms with van der Waals surface area (Å²) in [4.78, 5) is 24.7. The normalized spacial score (nSPS) is 15.3. The number of nitrogens with zero attached hydrogens (tertiary/aromatic N) is 3. The van der Waals surface area contributed by atoms with E-state index in [0.29, 0.717) is 30.8 Å². The number of nitrogens with one attached hydrogen (secondary N) is 1. The predicted octanol–water partition coefficient (Wildman–Crippen LogP) is 3.36. The molecule has 1 N–H and O–H groups in total. The molecule has 1 aromatic heterocycles. The zero-order chi connectivity index (χ0) is 18.1. The Kier molecular flexibility index (Phi) is 4.32. The number of rotatable bonds is 2. The lowest BCUT2D eigenvalue weighted by Crippen LogP contribution is -2.35. The summed E-state index contributed by atoms with van der Waals surface area (Å²) in [5.41, 5.74) is 2.91. The molecule has 0 atom stereocenters. The van der Waals surface area contributed by atoms with E-state index in [0.717, 1.165) is 29.9 Å². The minimum absolute atomic E-state index is 0.115. The molecule has 0 saturated carbocycles. The number of fused-ring (bicyclic) bond motifs is 1. The second kappa shape index (κ2) is 6.78. The Morgan fingerprint density at radius 1 is 1.12 bits per heavy atom. The third kappa shape index (κ3) is 3.14. The van der Waals surface area contributed by atoms with Crippen LogP contribution in [0, 0.1) is 12.7 Å². The molecule has 0 aliphatic carbocycles. The molecule has 1 fully saturated rings. The van der Waals surface area contributed by atoms with Crippen LogP contribution < -0.4 is 4.90 Å². The van der Waals surface area contributed by atoms with Crippen LogP contribution in [0.5, 0.6) is 0 Å². The van der Waals surface area contributed by atoms with Crippen molar-refractivity contribution < 1.29 is 9.18 Å². The Morgan fingerprint density at radius 2 is 1.96 bits per heavy atom. The lowest BCUT2D eigenvalue weighted by Gasteiger charge is -2.22. The summed E-state index contributed by atoms with van der Waals surface area (Å²) in [7, 11) is 0. The lowest BCUT2D eigenvalue weighted by atomic mass is 10.1. The number of hydrogen-bond donors (Lipinski definition) is 1. The topological polar surface area (TPSA) is 52.2 Å². The Bertz CT molecular complexity index is 919. The predicted molar refractivity (Wildman–Crippen MR) is 100.0 cm³/mol. The summed E-state index contributed by atoms with van der Waals surface area (Å²) in [6, 6.07) is 12.6. The van der Waals surface area contributed by atoms with Gasteiger partial charge >= 0.3 is 0 Å². The number of H-pyrrole nitrogens is 1.